The zero-order valence-electron chi connectivity index (χ0n) is 16.8. The second-order valence-electron chi connectivity index (χ2n) is 9.67. The summed E-state index contributed by atoms with van der Waals surface area (Å²) in [7, 11) is 0. The molecule has 26 heavy (non-hydrogen) atoms. The molecule has 1 aliphatic rings. The predicted octanol–water partition coefficient (Wildman–Crippen LogP) is 4.54. The first-order valence-corrected chi connectivity index (χ1v) is 9.45. The van der Waals surface area contributed by atoms with Crippen molar-refractivity contribution in [2.45, 2.75) is 78.4 Å². The van der Waals surface area contributed by atoms with Crippen LogP contribution in [0.3, 0.4) is 0 Å². The van der Waals surface area contributed by atoms with Gasteiger partial charge in [-0.2, -0.15) is 0 Å². The average Bonchev–Trinajstić information content (AvgIpc) is 2.78. The Labute approximate surface area is 155 Å². The highest BCUT2D eigenvalue weighted by Crippen LogP contribution is 2.43. The number of nitrogens with zero attached hydrogens (tertiary/aromatic N) is 2. The highest BCUT2D eigenvalue weighted by molar-refractivity contribution is 5.92. The van der Waals surface area contributed by atoms with Gasteiger partial charge in [-0.25, -0.2) is 4.98 Å². The minimum atomic E-state index is -0.917. The first-order valence-electron chi connectivity index (χ1n) is 9.45. The van der Waals surface area contributed by atoms with Crippen molar-refractivity contribution in [1.29, 1.82) is 0 Å². The molecule has 1 heterocycles. The van der Waals surface area contributed by atoms with Crippen molar-refractivity contribution in [2.75, 3.05) is 5.32 Å². The van der Waals surface area contributed by atoms with Crippen LogP contribution in [0, 0.1) is 5.41 Å². The van der Waals surface area contributed by atoms with Crippen LogP contribution in [0.2, 0.25) is 0 Å². The largest absolute Gasteiger partial charge is 0.386 e. The number of aliphatic hydroxyl groups is 1. The van der Waals surface area contributed by atoms with E-state index in [1.54, 1.807) is 13.8 Å². The van der Waals surface area contributed by atoms with E-state index in [0.717, 1.165) is 29.4 Å². The van der Waals surface area contributed by atoms with Crippen LogP contribution < -0.4 is 5.32 Å². The predicted molar refractivity (Wildman–Crippen MR) is 105 cm³/mol. The van der Waals surface area contributed by atoms with E-state index in [1.165, 1.54) is 6.42 Å². The Kier molecular flexibility index (Phi) is 4.42. The van der Waals surface area contributed by atoms with Crippen molar-refractivity contribution in [1.82, 2.24) is 9.55 Å². The highest BCUT2D eigenvalue weighted by Gasteiger charge is 2.37. The zero-order chi connectivity index (χ0) is 19.3. The van der Waals surface area contributed by atoms with Gasteiger partial charge >= 0.3 is 0 Å². The maximum Gasteiger partial charge on any atom is 0.227 e. The van der Waals surface area contributed by atoms with Gasteiger partial charge < -0.3 is 9.67 Å². The van der Waals surface area contributed by atoms with Crippen LogP contribution >= 0.6 is 0 Å². The van der Waals surface area contributed by atoms with E-state index in [9.17, 15) is 9.90 Å². The van der Waals surface area contributed by atoms with E-state index in [1.807, 2.05) is 18.2 Å². The van der Waals surface area contributed by atoms with E-state index >= 15 is 0 Å². The van der Waals surface area contributed by atoms with Gasteiger partial charge in [0.25, 0.3) is 0 Å². The Balaban J connectivity index is 2.08. The molecule has 0 atom stereocenters. The summed E-state index contributed by atoms with van der Waals surface area (Å²) in [5, 5.41) is 13.4. The lowest BCUT2D eigenvalue weighted by Gasteiger charge is -2.41. The fourth-order valence-electron chi connectivity index (χ4n) is 3.65. The number of aromatic nitrogens is 2. The topological polar surface area (TPSA) is 67.2 Å². The molecule has 5 heteroatoms. The van der Waals surface area contributed by atoms with Crippen LogP contribution in [-0.4, -0.2) is 20.6 Å². The average molecular weight is 357 g/mol. The van der Waals surface area contributed by atoms with Crippen LogP contribution in [0.5, 0.6) is 0 Å². The summed E-state index contributed by atoms with van der Waals surface area (Å²) >= 11 is 0. The lowest BCUT2D eigenvalue weighted by Crippen LogP contribution is -2.38. The fourth-order valence-corrected chi connectivity index (χ4v) is 3.65. The summed E-state index contributed by atoms with van der Waals surface area (Å²) in [6.45, 7) is 11.9. The Morgan fingerprint density at radius 3 is 2.42 bits per heavy atom. The van der Waals surface area contributed by atoms with Gasteiger partial charge in [0.15, 0.2) is 0 Å². The quantitative estimate of drug-likeness (QED) is 0.844. The number of anilines is 1. The summed E-state index contributed by atoms with van der Waals surface area (Å²) < 4.78 is 2.17. The molecule has 1 fully saturated rings. The summed E-state index contributed by atoms with van der Waals surface area (Å²) in [5.41, 5.74) is 1.63. The van der Waals surface area contributed by atoms with Crippen molar-refractivity contribution in [3.05, 3.63) is 23.8 Å². The summed E-state index contributed by atoms with van der Waals surface area (Å²) in [6, 6.07) is 5.84. The number of carbonyl (C=O) groups is 1. The normalized spacial score (nSPS) is 17.2. The molecule has 1 aromatic carbocycles. The van der Waals surface area contributed by atoms with Gasteiger partial charge in [0.2, 0.25) is 11.9 Å². The smallest absolute Gasteiger partial charge is 0.227 e. The van der Waals surface area contributed by atoms with Crippen molar-refractivity contribution >= 4 is 22.9 Å². The molecule has 1 aliphatic carbocycles. The van der Waals surface area contributed by atoms with Crippen LogP contribution in [0.1, 0.15) is 72.8 Å². The molecule has 0 saturated heterocycles. The number of fused-ring (bicyclic) bond motifs is 1. The summed E-state index contributed by atoms with van der Waals surface area (Å²) in [5.74, 6) is 0.601. The van der Waals surface area contributed by atoms with Gasteiger partial charge in [-0.15, -0.1) is 0 Å². The fraction of sp³-hybridized carbons (Fsp3) is 0.619. The lowest BCUT2D eigenvalue weighted by atomic mass is 9.78. The number of hydrogen-bond acceptors (Lipinski definition) is 3. The molecule has 2 N–H and O–H groups in total. The lowest BCUT2D eigenvalue weighted by molar-refractivity contribution is -0.117. The third-order valence-electron chi connectivity index (χ3n) is 5.27. The molecule has 142 valence electrons. The third-order valence-corrected chi connectivity index (χ3v) is 5.27. The van der Waals surface area contributed by atoms with Crippen LogP contribution in [-0.2, 0) is 15.9 Å². The second-order valence-corrected chi connectivity index (χ2v) is 9.67. The number of benzene rings is 1. The Morgan fingerprint density at radius 1 is 1.27 bits per heavy atom. The summed E-state index contributed by atoms with van der Waals surface area (Å²) in [4.78, 5) is 17.2. The minimum Gasteiger partial charge on any atom is -0.386 e. The molecule has 1 saturated carbocycles. The van der Waals surface area contributed by atoms with Crippen molar-refractivity contribution in [3.63, 3.8) is 0 Å². The molecule has 3 rings (SSSR count). The molecule has 0 bridgehead atoms. The monoisotopic (exact) mass is 357 g/mol. The van der Waals surface area contributed by atoms with Crippen LogP contribution in [0.15, 0.2) is 18.2 Å². The molecule has 0 aliphatic heterocycles. The van der Waals surface area contributed by atoms with Crippen molar-refractivity contribution < 1.29 is 9.90 Å². The van der Waals surface area contributed by atoms with Crippen molar-refractivity contribution in [3.8, 4) is 0 Å². The maximum absolute atomic E-state index is 12.5. The Morgan fingerprint density at radius 2 is 1.92 bits per heavy atom. The molecule has 0 spiro atoms. The van der Waals surface area contributed by atoms with E-state index in [-0.39, 0.29) is 16.9 Å². The Bertz CT molecular complexity index is 833. The van der Waals surface area contributed by atoms with Gasteiger partial charge in [-0.1, -0.05) is 26.8 Å². The third kappa shape index (κ3) is 3.63. The van der Waals surface area contributed by atoms with Gasteiger partial charge in [-0.3, -0.25) is 10.1 Å². The standard InChI is InChI=1S/C21H31N3O2/c1-19(2,3)13-17(25)23-18-22-15-9-8-14(20(4,5)26)12-16(15)24(18)21(6)10-7-11-21/h8-9,12,26H,7,10-11,13H2,1-6H3,(H,22,23,25). The van der Waals surface area contributed by atoms with Gasteiger partial charge in [0.1, 0.15) is 0 Å². The number of amides is 1. The van der Waals surface area contributed by atoms with Crippen molar-refractivity contribution in [2.24, 2.45) is 5.41 Å². The number of nitrogens with one attached hydrogen (secondary N) is 1. The molecule has 5 nitrogen and oxygen atoms in total. The molecule has 1 aromatic heterocycles. The van der Waals surface area contributed by atoms with E-state index in [0.29, 0.717) is 12.4 Å². The molecular formula is C21H31N3O2. The van der Waals surface area contributed by atoms with Gasteiger partial charge in [-0.05, 0) is 63.1 Å². The number of carbonyl (C=O) groups excluding carboxylic acids is 1. The van der Waals surface area contributed by atoms with Crippen LogP contribution in [0.25, 0.3) is 11.0 Å². The molecular weight excluding hydrogens is 326 g/mol. The minimum absolute atomic E-state index is 0.0142. The first-order chi connectivity index (χ1) is 11.9. The molecule has 0 radical (unpaired) electrons. The van der Waals surface area contributed by atoms with E-state index in [4.69, 9.17) is 4.98 Å². The first kappa shape index (κ1) is 18.9. The summed E-state index contributed by atoms with van der Waals surface area (Å²) in [6.07, 6.45) is 3.75. The second kappa shape index (κ2) is 6.08. The number of hydrogen-bond donors (Lipinski definition) is 2. The molecule has 0 unspecified atom stereocenters. The number of imidazole rings is 1. The highest BCUT2D eigenvalue weighted by atomic mass is 16.3. The number of rotatable bonds is 4. The maximum atomic E-state index is 12.5. The SMILES string of the molecule is CC(C)(C)CC(=O)Nc1nc2ccc(C(C)(C)O)cc2n1C1(C)CCC1. The van der Waals surface area contributed by atoms with E-state index < -0.39 is 5.60 Å². The van der Waals surface area contributed by atoms with Crippen LogP contribution in [0.4, 0.5) is 5.95 Å². The van der Waals surface area contributed by atoms with E-state index in [2.05, 4.69) is 37.6 Å². The molecule has 1 amide bonds. The Hall–Kier alpha value is -1.88. The van der Waals surface area contributed by atoms with Gasteiger partial charge in [0, 0.05) is 12.0 Å². The molecule has 2 aromatic rings. The van der Waals surface area contributed by atoms with Gasteiger partial charge in [0.05, 0.1) is 16.6 Å². The zero-order valence-corrected chi connectivity index (χ0v) is 16.8.